The number of carbonyl (C=O) groups excluding carboxylic acids is 1. The van der Waals surface area contributed by atoms with Gasteiger partial charge in [-0.05, 0) is 30.7 Å². The van der Waals surface area contributed by atoms with E-state index in [4.69, 9.17) is 10.5 Å². The Morgan fingerprint density at radius 1 is 1.21 bits per heavy atom. The minimum Gasteiger partial charge on any atom is -0.379 e. The normalized spacial score (nSPS) is 15.5. The minimum atomic E-state index is -3.47. The highest BCUT2D eigenvalue weighted by molar-refractivity contribution is 7.89. The molecule has 1 saturated heterocycles. The second kappa shape index (κ2) is 9.95. The Balaban J connectivity index is 0.00000288. The third kappa shape index (κ3) is 5.71. The number of hydrogen-bond donors (Lipinski definition) is 2. The fraction of sp³-hybridized carbons (Fsp3) is 0.533. The van der Waals surface area contributed by atoms with Crippen molar-refractivity contribution in [2.24, 2.45) is 5.73 Å². The Kier molecular flexibility index (Phi) is 8.65. The van der Waals surface area contributed by atoms with Crippen LogP contribution in [-0.2, 0) is 26.1 Å². The zero-order valence-electron chi connectivity index (χ0n) is 13.4. The van der Waals surface area contributed by atoms with Crippen molar-refractivity contribution < 1.29 is 17.9 Å². The Hall–Kier alpha value is -1.19. The molecule has 3 N–H and O–H groups in total. The number of nitrogens with zero attached hydrogens (tertiary/aromatic N) is 1. The first-order chi connectivity index (χ1) is 11.0. The second-order valence-electron chi connectivity index (χ2n) is 5.33. The second-order valence-corrected chi connectivity index (χ2v) is 7.27. The summed E-state index contributed by atoms with van der Waals surface area (Å²) in [5, 5.41) is 2.78. The van der Waals surface area contributed by atoms with Crippen LogP contribution in [-0.4, -0.2) is 51.5 Å². The summed E-state index contributed by atoms with van der Waals surface area (Å²) in [6, 6.07) is 6.59. The summed E-state index contributed by atoms with van der Waals surface area (Å²) in [6.07, 6.45) is 1.06. The van der Waals surface area contributed by atoms with Crippen LogP contribution in [0.1, 0.15) is 18.4 Å². The van der Waals surface area contributed by atoms with Gasteiger partial charge in [0.1, 0.15) is 0 Å². The Morgan fingerprint density at radius 2 is 1.83 bits per heavy atom. The van der Waals surface area contributed by atoms with Gasteiger partial charge in [-0.3, -0.25) is 4.79 Å². The zero-order chi connectivity index (χ0) is 16.7. The van der Waals surface area contributed by atoms with E-state index in [-0.39, 0.29) is 23.2 Å². The Labute approximate surface area is 149 Å². The average molecular weight is 378 g/mol. The van der Waals surface area contributed by atoms with Gasteiger partial charge in [-0.2, -0.15) is 4.31 Å². The van der Waals surface area contributed by atoms with E-state index in [1.54, 1.807) is 24.3 Å². The van der Waals surface area contributed by atoms with E-state index < -0.39 is 10.0 Å². The number of rotatable bonds is 7. The van der Waals surface area contributed by atoms with Crippen LogP contribution in [0.25, 0.3) is 0 Å². The van der Waals surface area contributed by atoms with Gasteiger partial charge in [-0.15, -0.1) is 12.4 Å². The third-order valence-electron chi connectivity index (χ3n) is 3.63. The van der Waals surface area contributed by atoms with Crippen LogP contribution in [0.15, 0.2) is 29.2 Å². The molecule has 0 radical (unpaired) electrons. The highest BCUT2D eigenvalue weighted by atomic mass is 35.5. The van der Waals surface area contributed by atoms with Gasteiger partial charge in [0.05, 0.1) is 18.1 Å². The number of carbonyl (C=O) groups is 1. The minimum absolute atomic E-state index is 0. The first-order valence-corrected chi connectivity index (χ1v) is 9.11. The van der Waals surface area contributed by atoms with Crippen molar-refractivity contribution in [1.29, 1.82) is 0 Å². The van der Waals surface area contributed by atoms with E-state index in [9.17, 15) is 13.2 Å². The lowest BCUT2D eigenvalue weighted by Crippen LogP contribution is -2.40. The fourth-order valence-corrected chi connectivity index (χ4v) is 3.67. The predicted octanol–water partition coefficient (Wildman–Crippen LogP) is 0.484. The molecule has 1 heterocycles. The molecule has 1 amide bonds. The standard InChI is InChI=1S/C15H23N3O4S.ClH/c16-7-1-2-15(19)17-12-13-3-5-14(6-4-13)23(20,21)18-8-10-22-11-9-18;/h3-6H,1-2,7-12,16H2,(H,17,19);1H. The number of halogens is 1. The smallest absolute Gasteiger partial charge is 0.243 e. The van der Waals surface area contributed by atoms with Crippen molar-refractivity contribution in [3.05, 3.63) is 29.8 Å². The van der Waals surface area contributed by atoms with E-state index >= 15 is 0 Å². The van der Waals surface area contributed by atoms with E-state index in [1.165, 1.54) is 4.31 Å². The van der Waals surface area contributed by atoms with Crippen molar-refractivity contribution >= 4 is 28.3 Å². The van der Waals surface area contributed by atoms with Crippen molar-refractivity contribution in [2.45, 2.75) is 24.3 Å². The van der Waals surface area contributed by atoms with E-state index in [2.05, 4.69) is 5.32 Å². The highest BCUT2D eigenvalue weighted by Crippen LogP contribution is 2.17. The molecule has 0 aromatic heterocycles. The molecule has 9 heteroatoms. The number of morpholine rings is 1. The van der Waals surface area contributed by atoms with Crippen LogP contribution < -0.4 is 11.1 Å². The molecular formula is C15H24ClN3O4S. The van der Waals surface area contributed by atoms with Crippen LogP contribution in [0, 0.1) is 0 Å². The summed E-state index contributed by atoms with van der Waals surface area (Å²) in [5.74, 6) is -0.0551. The summed E-state index contributed by atoms with van der Waals surface area (Å²) in [7, 11) is -3.47. The number of benzene rings is 1. The first-order valence-electron chi connectivity index (χ1n) is 7.67. The zero-order valence-corrected chi connectivity index (χ0v) is 15.1. The maximum absolute atomic E-state index is 12.5. The number of ether oxygens (including phenoxy) is 1. The van der Waals surface area contributed by atoms with Crippen molar-refractivity contribution in [1.82, 2.24) is 9.62 Å². The average Bonchev–Trinajstić information content (AvgIpc) is 2.59. The number of nitrogens with one attached hydrogen (secondary N) is 1. The van der Waals surface area contributed by atoms with E-state index in [0.717, 1.165) is 5.56 Å². The van der Waals surface area contributed by atoms with Gasteiger partial charge in [0, 0.05) is 26.1 Å². The SMILES string of the molecule is Cl.NCCCC(=O)NCc1ccc(S(=O)(=O)N2CCOCC2)cc1. The molecule has 0 unspecified atom stereocenters. The summed E-state index contributed by atoms with van der Waals surface area (Å²) >= 11 is 0. The molecule has 0 bridgehead atoms. The van der Waals surface area contributed by atoms with Gasteiger partial charge in [-0.25, -0.2) is 8.42 Å². The molecule has 0 saturated carbocycles. The van der Waals surface area contributed by atoms with Crippen LogP contribution in [0.2, 0.25) is 0 Å². The fourth-order valence-electron chi connectivity index (χ4n) is 2.27. The molecule has 1 aromatic rings. The molecule has 0 spiro atoms. The lowest BCUT2D eigenvalue weighted by Gasteiger charge is -2.26. The van der Waals surface area contributed by atoms with Crippen molar-refractivity contribution in [3.8, 4) is 0 Å². The van der Waals surface area contributed by atoms with Gasteiger partial charge in [-0.1, -0.05) is 12.1 Å². The molecule has 1 aromatic carbocycles. The molecule has 24 heavy (non-hydrogen) atoms. The molecule has 1 aliphatic rings. The van der Waals surface area contributed by atoms with E-state index in [0.29, 0.717) is 52.2 Å². The van der Waals surface area contributed by atoms with Gasteiger partial charge < -0.3 is 15.8 Å². The summed E-state index contributed by atoms with van der Waals surface area (Å²) in [6.45, 7) is 2.46. The number of hydrogen-bond acceptors (Lipinski definition) is 5. The number of sulfonamides is 1. The predicted molar refractivity (Wildman–Crippen MR) is 93.4 cm³/mol. The molecule has 1 aliphatic heterocycles. The number of nitrogens with two attached hydrogens (primary N) is 1. The maximum Gasteiger partial charge on any atom is 0.243 e. The molecular weight excluding hydrogens is 354 g/mol. The molecule has 136 valence electrons. The van der Waals surface area contributed by atoms with Crippen molar-refractivity contribution in [3.63, 3.8) is 0 Å². The third-order valence-corrected chi connectivity index (χ3v) is 5.54. The summed E-state index contributed by atoms with van der Waals surface area (Å²) < 4.78 is 31.6. The van der Waals surface area contributed by atoms with Crippen molar-refractivity contribution in [2.75, 3.05) is 32.8 Å². The topological polar surface area (TPSA) is 102 Å². The number of amides is 1. The van der Waals surface area contributed by atoms with Gasteiger partial charge >= 0.3 is 0 Å². The molecule has 7 nitrogen and oxygen atoms in total. The first kappa shape index (κ1) is 20.9. The van der Waals surface area contributed by atoms with Crippen LogP contribution in [0.3, 0.4) is 0 Å². The largest absolute Gasteiger partial charge is 0.379 e. The van der Waals surface area contributed by atoms with Gasteiger partial charge in [0.25, 0.3) is 0 Å². The monoisotopic (exact) mass is 377 g/mol. The lowest BCUT2D eigenvalue weighted by molar-refractivity contribution is -0.121. The summed E-state index contributed by atoms with van der Waals surface area (Å²) in [5.41, 5.74) is 6.21. The van der Waals surface area contributed by atoms with Gasteiger partial charge in [0.2, 0.25) is 15.9 Å². The molecule has 0 aliphatic carbocycles. The lowest BCUT2D eigenvalue weighted by atomic mass is 10.2. The van der Waals surface area contributed by atoms with Crippen LogP contribution in [0.5, 0.6) is 0 Å². The molecule has 0 atom stereocenters. The maximum atomic E-state index is 12.5. The van der Waals surface area contributed by atoms with E-state index in [1.807, 2.05) is 0 Å². The summed E-state index contributed by atoms with van der Waals surface area (Å²) in [4.78, 5) is 11.8. The Bertz CT molecular complexity index is 616. The van der Waals surface area contributed by atoms with Crippen LogP contribution in [0.4, 0.5) is 0 Å². The molecule has 2 rings (SSSR count). The molecule has 1 fully saturated rings. The quantitative estimate of drug-likeness (QED) is 0.719. The highest BCUT2D eigenvalue weighted by Gasteiger charge is 2.25. The van der Waals surface area contributed by atoms with Crippen LogP contribution >= 0.6 is 12.4 Å². The Morgan fingerprint density at radius 3 is 2.42 bits per heavy atom. The van der Waals surface area contributed by atoms with Gasteiger partial charge in [0.15, 0.2) is 0 Å².